The zero-order valence-corrected chi connectivity index (χ0v) is 6.92. The molecule has 12 heavy (non-hydrogen) atoms. The number of fused-ring (bicyclic) bond motifs is 1. The van der Waals surface area contributed by atoms with Crippen molar-refractivity contribution in [3.63, 3.8) is 0 Å². The molecule has 0 aliphatic carbocycles. The minimum atomic E-state index is 0.194. The van der Waals surface area contributed by atoms with E-state index < -0.39 is 0 Å². The van der Waals surface area contributed by atoms with E-state index in [9.17, 15) is 0 Å². The van der Waals surface area contributed by atoms with E-state index in [0.29, 0.717) is 6.42 Å². The third kappa shape index (κ3) is 1.18. The summed E-state index contributed by atoms with van der Waals surface area (Å²) in [4.78, 5) is 0. The summed E-state index contributed by atoms with van der Waals surface area (Å²) in [5.41, 5.74) is 2.41. The first kappa shape index (κ1) is 7.62. The topological polar surface area (TPSA) is 29.5 Å². The van der Waals surface area contributed by atoms with Crippen LogP contribution in [0.15, 0.2) is 18.2 Å². The van der Waals surface area contributed by atoms with Crippen LogP contribution in [-0.4, -0.2) is 18.3 Å². The number of ether oxygens (including phenoxy) is 1. The Labute approximate surface area is 71.8 Å². The summed E-state index contributed by atoms with van der Waals surface area (Å²) in [6.07, 6.45) is 1.71. The summed E-state index contributed by atoms with van der Waals surface area (Å²) in [5.74, 6) is 1.01. The zero-order chi connectivity index (χ0) is 8.39. The van der Waals surface area contributed by atoms with Crippen molar-refractivity contribution < 1.29 is 9.84 Å². The van der Waals surface area contributed by atoms with Gasteiger partial charge in [0.2, 0.25) is 0 Å². The van der Waals surface area contributed by atoms with E-state index in [-0.39, 0.29) is 6.61 Å². The van der Waals surface area contributed by atoms with Gasteiger partial charge in [0, 0.05) is 13.0 Å². The highest BCUT2D eigenvalue weighted by molar-refractivity contribution is 5.43. The van der Waals surface area contributed by atoms with E-state index >= 15 is 0 Å². The second-order valence-corrected chi connectivity index (χ2v) is 2.98. The van der Waals surface area contributed by atoms with Gasteiger partial charge in [-0.3, -0.25) is 0 Å². The Morgan fingerprint density at radius 2 is 2.33 bits per heavy atom. The lowest BCUT2D eigenvalue weighted by molar-refractivity contribution is 0.295. The van der Waals surface area contributed by atoms with Gasteiger partial charge < -0.3 is 9.84 Å². The number of hydrogen-bond donors (Lipinski definition) is 1. The summed E-state index contributed by atoms with van der Waals surface area (Å²) in [7, 11) is 0. The average Bonchev–Trinajstić information content (AvgIpc) is 2.53. The normalized spacial score (nSPS) is 14.1. The Morgan fingerprint density at radius 3 is 3.17 bits per heavy atom. The first-order chi connectivity index (χ1) is 5.92. The van der Waals surface area contributed by atoms with Crippen LogP contribution >= 0.6 is 0 Å². The molecule has 1 N–H and O–H groups in total. The monoisotopic (exact) mass is 164 g/mol. The van der Waals surface area contributed by atoms with Gasteiger partial charge in [-0.15, -0.1) is 0 Å². The maximum absolute atomic E-state index is 8.80. The number of para-hydroxylation sites is 1. The molecule has 0 atom stereocenters. The van der Waals surface area contributed by atoms with Gasteiger partial charge in [-0.2, -0.15) is 0 Å². The van der Waals surface area contributed by atoms with E-state index in [1.165, 1.54) is 5.56 Å². The van der Waals surface area contributed by atoms with Crippen LogP contribution in [0.5, 0.6) is 5.75 Å². The van der Waals surface area contributed by atoms with Crippen LogP contribution < -0.4 is 4.74 Å². The maximum atomic E-state index is 8.80. The minimum Gasteiger partial charge on any atom is -0.493 e. The molecule has 1 aromatic carbocycles. The molecule has 1 aliphatic heterocycles. The van der Waals surface area contributed by atoms with Crippen molar-refractivity contribution in [2.45, 2.75) is 12.8 Å². The molecule has 2 rings (SSSR count). The van der Waals surface area contributed by atoms with Crippen LogP contribution in [0.4, 0.5) is 0 Å². The highest BCUT2D eigenvalue weighted by Crippen LogP contribution is 2.29. The second kappa shape index (κ2) is 3.15. The van der Waals surface area contributed by atoms with Crippen molar-refractivity contribution in [2.75, 3.05) is 13.2 Å². The molecular weight excluding hydrogens is 152 g/mol. The number of rotatable bonds is 2. The molecule has 0 radical (unpaired) electrons. The lowest BCUT2D eigenvalue weighted by Gasteiger charge is -2.05. The van der Waals surface area contributed by atoms with E-state index in [0.717, 1.165) is 24.3 Å². The Kier molecular flexibility index (Phi) is 2.00. The minimum absolute atomic E-state index is 0.194. The maximum Gasteiger partial charge on any atom is 0.125 e. The number of aliphatic hydroxyl groups is 1. The molecule has 0 unspecified atom stereocenters. The highest BCUT2D eigenvalue weighted by atomic mass is 16.5. The van der Waals surface area contributed by atoms with Crippen molar-refractivity contribution in [3.05, 3.63) is 29.3 Å². The molecule has 0 amide bonds. The highest BCUT2D eigenvalue weighted by Gasteiger charge is 2.14. The van der Waals surface area contributed by atoms with Crippen LogP contribution in [0.1, 0.15) is 11.1 Å². The SMILES string of the molecule is OCCc1cccc2c1OCC2. The third-order valence-electron chi connectivity index (χ3n) is 2.18. The zero-order valence-electron chi connectivity index (χ0n) is 6.92. The smallest absolute Gasteiger partial charge is 0.125 e. The molecule has 0 saturated heterocycles. The Hall–Kier alpha value is -1.02. The van der Waals surface area contributed by atoms with Crippen molar-refractivity contribution >= 4 is 0 Å². The van der Waals surface area contributed by atoms with Crippen LogP contribution in [-0.2, 0) is 12.8 Å². The van der Waals surface area contributed by atoms with Crippen LogP contribution in [0.25, 0.3) is 0 Å². The average molecular weight is 164 g/mol. The van der Waals surface area contributed by atoms with Gasteiger partial charge >= 0.3 is 0 Å². The van der Waals surface area contributed by atoms with E-state index in [2.05, 4.69) is 6.07 Å². The molecular formula is C10H12O2. The Morgan fingerprint density at radius 1 is 1.42 bits per heavy atom. The van der Waals surface area contributed by atoms with Crippen molar-refractivity contribution in [1.29, 1.82) is 0 Å². The molecule has 0 saturated carbocycles. The lowest BCUT2D eigenvalue weighted by Crippen LogP contribution is -1.94. The first-order valence-corrected chi connectivity index (χ1v) is 4.26. The lowest BCUT2D eigenvalue weighted by atomic mass is 10.1. The summed E-state index contributed by atoms with van der Waals surface area (Å²) < 4.78 is 5.47. The van der Waals surface area contributed by atoms with E-state index in [1.807, 2.05) is 12.1 Å². The molecule has 2 heteroatoms. The second-order valence-electron chi connectivity index (χ2n) is 2.98. The van der Waals surface area contributed by atoms with Gasteiger partial charge in [0.25, 0.3) is 0 Å². The molecule has 0 aromatic heterocycles. The molecule has 0 fully saturated rings. The fourth-order valence-corrected chi connectivity index (χ4v) is 1.60. The van der Waals surface area contributed by atoms with Crippen molar-refractivity contribution in [2.24, 2.45) is 0 Å². The fraction of sp³-hybridized carbons (Fsp3) is 0.400. The predicted molar refractivity (Wildman–Crippen MR) is 46.4 cm³/mol. The standard InChI is InChI=1S/C10H12O2/c11-6-4-8-2-1-3-9-5-7-12-10(8)9/h1-3,11H,4-7H2. The predicted octanol–water partition coefficient (Wildman–Crippen LogP) is 1.16. The quantitative estimate of drug-likeness (QED) is 0.710. The van der Waals surface area contributed by atoms with Crippen LogP contribution in [0, 0.1) is 0 Å². The van der Waals surface area contributed by atoms with Gasteiger partial charge in [0.1, 0.15) is 5.75 Å². The molecule has 64 valence electrons. The summed E-state index contributed by atoms with van der Waals surface area (Å²) >= 11 is 0. The van der Waals surface area contributed by atoms with Crippen molar-refractivity contribution in [3.8, 4) is 5.75 Å². The number of benzene rings is 1. The van der Waals surface area contributed by atoms with Gasteiger partial charge in [0.05, 0.1) is 6.61 Å². The Balaban J connectivity index is 2.36. The van der Waals surface area contributed by atoms with E-state index in [4.69, 9.17) is 9.84 Å². The van der Waals surface area contributed by atoms with Gasteiger partial charge in [-0.1, -0.05) is 18.2 Å². The fourth-order valence-electron chi connectivity index (χ4n) is 1.60. The summed E-state index contributed by atoms with van der Waals surface area (Å²) in [6.45, 7) is 0.984. The first-order valence-electron chi connectivity index (χ1n) is 4.26. The Bertz CT molecular complexity index is 281. The van der Waals surface area contributed by atoms with Crippen molar-refractivity contribution in [1.82, 2.24) is 0 Å². The van der Waals surface area contributed by atoms with Gasteiger partial charge in [0.15, 0.2) is 0 Å². The largest absolute Gasteiger partial charge is 0.493 e. The van der Waals surface area contributed by atoms with Crippen LogP contribution in [0.2, 0.25) is 0 Å². The number of aliphatic hydroxyl groups excluding tert-OH is 1. The summed E-state index contributed by atoms with van der Waals surface area (Å²) in [6, 6.07) is 6.13. The molecule has 1 aromatic rings. The molecule has 1 heterocycles. The number of hydrogen-bond acceptors (Lipinski definition) is 2. The molecule has 1 aliphatic rings. The van der Waals surface area contributed by atoms with Gasteiger partial charge in [-0.25, -0.2) is 0 Å². The van der Waals surface area contributed by atoms with E-state index in [1.54, 1.807) is 0 Å². The third-order valence-corrected chi connectivity index (χ3v) is 2.18. The molecule has 0 spiro atoms. The van der Waals surface area contributed by atoms with Gasteiger partial charge in [-0.05, 0) is 17.5 Å². The van der Waals surface area contributed by atoms with Crippen LogP contribution in [0.3, 0.4) is 0 Å². The summed E-state index contributed by atoms with van der Waals surface area (Å²) in [5, 5.41) is 8.80. The molecule has 0 bridgehead atoms. The molecule has 2 nitrogen and oxygen atoms in total.